The van der Waals surface area contributed by atoms with E-state index in [1.807, 2.05) is 6.92 Å². The molecule has 0 radical (unpaired) electrons. The first kappa shape index (κ1) is 11.6. The molecule has 2 N–H and O–H groups in total. The second kappa shape index (κ2) is 5.48. The van der Waals surface area contributed by atoms with E-state index in [0.717, 1.165) is 56.4 Å². The molecule has 4 heteroatoms. The van der Waals surface area contributed by atoms with Gasteiger partial charge in [-0.1, -0.05) is 0 Å². The summed E-state index contributed by atoms with van der Waals surface area (Å²) in [5, 5.41) is 0. The molecule has 1 saturated heterocycles. The Morgan fingerprint density at radius 3 is 3.00 bits per heavy atom. The van der Waals surface area contributed by atoms with Gasteiger partial charge < -0.3 is 14.9 Å². The summed E-state index contributed by atoms with van der Waals surface area (Å²) in [5.41, 5.74) is 6.74. The molecule has 2 heterocycles. The average molecular weight is 224 g/mol. The minimum Gasteiger partial charge on any atom is -0.465 e. The third kappa shape index (κ3) is 2.84. The first-order valence-electron chi connectivity index (χ1n) is 5.88. The van der Waals surface area contributed by atoms with Crippen LogP contribution in [0.15, 0.2) is 10.5 Å². The van der Waals surface area contributed by atoms with E-state index in [1.54, 1.807) is 0 Å². The second-order valence-corrected chi connectivity index (χ2v) is 4.24. The lowest BCUT2D eigenvalue weighted by Gasteiger charge is -2.16. The summed E-state index contributed by atoms with van der Waals surface area (Å²) in [6.07, 6.45) is 1.10. The highest BCUT2D eigenvalue weighted by Crippen LogP contribution is 2.16. The van der Waals surface area contributed by atoms with Crippen LogP contribution in [0.5, 0.6) is 0 Å². The van der Waals surface area contributed by atoms with Crippen molar-refractivity contribution in [2.24, 2.45) is 5.73 Å². The van der Waals surface area contributed by atoms with Crippen molar-refractivity contribution >= 4 is 0 Å². The lowest BCUT2D eigenvalue weighted by molar-refractivity contribution is 0.139. The van der Waals surface area contributed by atoms with Crippen molar-refractivity contribution in [3.63, 3.8) is 0 Å². The van der Waals surface area contributed by atoms with E-state index in [-0.39, 0.29) is 0 Å². The Morgan fingerprint density at radius 1 is 1.38 bits per heavy atom. The Bertz CT molecular complexity index is 328. The zero-order valence-corrected chi connectivity index (χ0v) is 9.87. The van der Waals surface area contributed by atoms with Gasteiger partial charge in [-0.25, -0.2) is 0 Å². The molecule has 4 nitrogen and oxygen atoms in total. The highest BCUT2D eigenvalue weighted by atomic mass is 16.5. The van der Waals surface area contributed by atoms with Gasteiger partial charge in [0, 0.05) is 31.8 Å². The van der Waals surface area contributed by atoms with Gasteiger partial charge in [-0.15, -0.1) is 0 Å². The summed E-state index contributed by atoms with van der Waals surface area (Å²) in [7, 11) is 0. The van der Waals surface area contributed by atoms with Crippen molar-refractivity contribution < 1.29 is 9.15 Å². The molecule has 1 fully saturated rings. The minimum atomic E-state index is 0.554. The van der Waals surface area contributed by atoms with E-state index >= 15 is 0 Å². The quantitative estimate of drug-likeness (QED) is 0.840. The molecule has 0 atom stereocenters. The van der Waals surface area contributed by atoms with Crippen LogP contribution in [0.2, 0.25) is 0 Å². The summed E-state index contributed by atoms with van der Waals surface area (Å²) >= 11 is 0. The summed E-state index contributed by atoms with van der Waals surface area (Å²) < 4.78 is 11.1. The van der Waals surface area contributed by atoms with Gasteiger partial charge in [0.05, 0.1) is 13.2 Å². The van der Waals surface area contributed by atoms with E-state index in [0.29, 0.717) is 6.54 Å². The molecule has 1 aliphatic heterocycles. The van der Waals surface area contributed by atoms with E-state index in [9.17, 15) is 0 Å². The SMILES string of the molecule is Cc1oc(CN2CCCOCC2)cc1CN. The molecule has 0 spiro atoms. The fourth-order valence-corrected chi connectivity index (χ4v) is 2.04. The first-order chi connectivity index (χ1) is 7.79. The third-order valence-electron chi connectivity index (χ3n) is 2.99. The van der Waals surface area contributed by atoms with Crippen LogP contribution in [0.4, 0.5) is 0 Å². The smallest absolute Gasteiger partial charge is 0.118 e. The lowest BCUT2D eigenvalue weighted by Crippen LogP contribution is -2.25. The standard InChI is InChI=1S/C12H20N2O2/c1-10-11(8-13)7-12(16-10)9-14-3-2-5-15-6-4-14/h7H,2-6,8-9,13H2,1H3. The van der Waals surface area contributed by atoms with Gasteiger partial charge in [-0.05, 0) is 19.4 Å². The van der Waals surface area contributed by atoms with Crippen LogP contribution in [0.25, 0.3) is 0 Å². The van der Waals surface area contributed by atoms with Gasteiger partial charge >= 0.3 is 0 Å². The van der Waals surface area contributed by atoms with E-state index in [1.165, 1.54) is 0 Å². The Balaban J connectivity index is 1.96. The number of furan rings is 1. The molecule has 1 aromatic rings. The summed E-state index contributed by atoms with van der Waals surface area (Å²) in [6.45, 7) is 7.15. The predicted molar refractivity (Wildman–Crippen MR) is 62.0 cm³/mol. The molecule has 0 aromatic carbocycles. The van der Waals surface area contributed by atoms with Crippen molar-refractivity contribution in [3.8, 4) is 0 Å². The van der Waals surface area contributed by atoms with Crippen LogP contribution in [0.3, 0.4) is 0 Å². The first-order valence-corrected chi connectivity index (χ1v) is 5.88. The van der Waals surface area contributed by atoms with Crippen LogP contribution in [0.1, 0.15) is 23.5 Å². The molecule has 0 saturated carbocycles. The molecule has 16 heavy (non-hydrogen) atoms. The van der Waals surface area contributed by atoms with E-state index < -0.39 is 0 Å². The van der Waals surface area contributed by atoms with Crippen molar-refractivity contribution in [1.29, 1.82) is 0 Å². The molecular formula is C12H20N2O2. The number of nitrogens with two attached hydrogens (primary N) is 1. The lowest BCUT2D eigenvalue weighted by atomic mass is 10.2. The maximum Gasteiger partial charge on any atom is 0.118 e. The molecule has 1 aromatic heterocycles. The number of rotatable bonds is 3. The van der Waals surface area contributed by atoms with Gasteiger partial charge in [0.2, 0.25) is 0 Å². The monoisotopic (exact) mass is 224 g/mol. The van der Waals surface area contributed by atoms with Gasteiger partial charge in [0.15, 0.2) is 0 Å². The predicted octanol–water partition coefficient (Wildman–Crippen LogP) is 1.27. The molecule has 1 aliphatic rings. The van der Waals surface area contributed by atoms with Crippen molar-refractivity contribution in [2.45, 2.75) is 26.4 Å². The Labute approximate surface area is 96.4 Å². The molecule has 0 unspecified atom stereocenters. The zero-order valence-electron chi connectivity index (χ0n) is 9.87. The highest BCUT2D eigenvalue weighted by molar-refractivity contribution is 5.20. The van der Waals surface area contributed by atoms with E-state index in [2.05, 4.69) is 11.0 Å². The second-order valence-electron chi connectivity index (χ2n) is 4.24. The molecule has 90 valence electrons. The fraction of sp³-hybridized carbons (Fsp3) is 0.667. The molecule has 0 bridgehead atoms. The fourth-order valence-electron chi connectivity index (χ4n) is 2.04. The van der Waals surface area contributed by atoms with Crippen molar-refractivity contribution in [1.82, 2.24) is 4.90 Å². The Kier molecular flexibility index (Phi) is 3.98. The van der Waals surface area contributed by atoms with Crippen LogP contribution in [0, 0.1) is 6.92 Å². The Morgan fingerprint density at radius 2 is 2.25 bits per heavy atom. The number of hydrogen-bond acceptors (Lipinski definition) is 4. The largest absolute Gasteiger partial charge is 0.465 e. The van der Waals surface area contributed by atoms with Crippen LogP contribution in [-0.4, -0.2) is 31.2 Å². The van der Waals surface area contributed by atoms with Gasteiger partial charge in [0.1, 0.15) is 11.5 Å². The number of aryl methyl sites for hydroxylation is 1. The summed E-state index contributed by atoms with van der Waals surface area (Å²) in [4.78, 5) is 2.37. The summed E-state index contributed by atoms with van der Waals surface area (Å²) in [5.74, 6) is 1.96. The van der Waals surface area contributed by atoms with Crippen LogP contribution < -0.4 is 5.73 Å². The van der Waals surface area contributed by atoms with E-state index in [4.69, 9.17) is 14.9 Å². The maximum absolute atomic E-state index is 5.69. The topological polar surface area (TPSA) is 51.6 Å². The van der Waals surface area contributed by atoms with Crippen molar-refractivity contribution in [2.75, 3.05) is 26.3 Å². The van der Waals surface area contributed by atoms with Gasteiger partial charge in [-0.3, -0.25) is 4.90 Å². The number of hydrogen-bond donors (Lipinski definition) is 1. The van der Waals surface area contributed by atoms with Gasteiger partial charge in [0.25, 0.3) is 0 Å². The van der Waals surface area contributed by atoms with Crippen LogP contribution in [-0.2, 0) is 17.8 Å². The molecule has 2 rings (SSSR count). The maximum atomic E-state index is 5.69. The Hall–Kier alpha value is -0.840. The normalized spacial score (nSPS) is 18.6. The molecule has 0 amide bonds. The van der Waals surface area contributed by atoms with Crippen LogP contribution >= 0.6 is 0 Å². The summed E-state index contributed by atoms with van der Waals surface area (Å²) in [6, 6.07) is 2.07. The highest BCUT2D eigenvalue weighted by Gasteiger charge is 2.13. The van der Waals surface area contributed by atoms with Gasteiger partial charge in [-0.2, -0.15) is 0 Å². The zero-order chi connectivity index (χ0) is 11.4. The molecule has 0 aliphatic carbocycles. The number of ether oxygens (including phenoxy) is 1. The molecular weight excluding hydrogens is 204 g/mol. The average Bonchev–Trinajstić information content (AvgIpc) is 2.50. The third-order valence-corrected chi connectivity index (χ3v) is 2.99. The minimum absolute atomic E-state index is 0.554. The number of nitrogens with zero attached hydrogens (tertiary/aromatic N) is 1. The van der Waals surface area contributed by atoms with Crippen molar-refractivity contribution in [3.05, 3.63) is 23.2 Å².